The lowest BCUT2D eigenvalue weighted by Gasteiger charge is -2.16. The van der Waals surface area contributed by atoms with Gasteiger partial charge in [0.15, 0.2) is 0 Å². The normalized spacial score (nSPS) is 12.5. The van der Waals surface area contributed by atoms with Crippen LogP contribution in [0.5, 0.6) is 0 Å². The van der Waals surface area contributed by atoms with E-state index in [4.69, 9.17) is 0 Å². The van der Waals surface area contributed by atoms with Crippen molar-refractivity contribution < 1.29 is 4.79 Å². The van der Waals surface area contributed by atoms with E-state index in [0.717, 1.165) is 0 Å². The second-order valence-corrected chi connectivity index (χ2v) is 6.78. The summed E-state index contributed by atoms with van der Waals surface area (Å²) in [6, 6.07) is 8.73. The molecule has 1 N–H and O–H groups in total. The molecule has 3 nitrogen and oxygen atoms in total. The minimum absolute atomic E-state index is 0.0961. The van der Waals surface area contributed by atoms with E-state index in [1.807, 2.05) is 11.8 Å². The van der Waals surface area contributed by atoms with Gasteiger partial charge in [-0.2, -0.15) is 0 Å². The topological polar surface area (TPSA) is 32.3 Å². The van der Waals surface area contributed by atoms with E-state index in [1.165, 1.54) is 10.5 Å². The number of nitrogens with one attached hydrogen (secondary N) is 1. The highest BCUT2D eigenvalue weighted by atomic mass is 32.2. The predicted molar refractivity (Wildman–Crippen MR) is 82.5 cm³/mol. The van der Waals surface area contributed by atoms with Crippen molar-refractivity contribution in [3.8, 4) is 0 Å². The standard InChI is InChI=1S/C15H24N2OS/c1-11(2)19-14-8-6-13(7-9-14)12(3)16-10-15(18)17(4)5/h6-9,11-12,16H,10H2,1-5H3/t12-/m1/s1. The number of likely N-dealkylation sites (N-methyl/N-ethyl adjacent to an activating group) is 1. The summed E-state index contributed by atoms with van der Waals surface area (Å²) in [5, 5.41) is 3.84. The van der Waals surface area contributed by atoms with Crippen molar-refractivity contribution in [2.75, 3.05) is 20.6 Å². The van der Waals surface area contributed by atoms with Gasteiger partial charge in [-0.15, -0.1) is 11.8 Å². The van der Waals surface area contributed by atoms with Gasteiger partial charge in [0.2, 0.25) is 5.91 Å². The van der Waals surface area contributed by atoms with Crippen molar-refractivity contribution in [1.82, 2.24) is 10.2 Å². The number of hydrogen-bond acceptors (Lipinski definition) is 3. The molecule has 19 heavy (non-hydrogen) atoms. The first-order valence-electron chi connectivity index (χ1n) is 6.60. The molecule has 4 heteroatoms. The predicted octanol–water partition coefficient (Wildman–Crippen LogP) is 2.93. The second-order valence-electron chi connectivity index (χ2n) is 5.13. The summed E-state index contributed by atoms with van der Waals surface area (Å²) in [4.78, 5) is 14.4. The maximum Gasteiger partial charge on any atom is 0.236 e. The Morgan fingerprint density at radius 1 is 1.21 bits per heavy atom. The van der Waals surface area contributed by atoms with E-state index in [1.54, 1.807) is 19.0 Å². The Labute approximate surface area is 120 Å². The Balaban J connectivity index is 2.53. The van der Waals surface area contributed by atoms with Crippen molar-refractivity contribution in [3.63, 3.8) is 0 Å². The summed E-state index contributed by atoms with van der Waals surface area (Å²) in [7, 11) is 3.54. The molecule has 0 aromatic heterocycles. The molecular formula is C15H24N2OS. The highest BCUT2D eigenvalue weighted by molar-refractivity contribution is 7.99. The summed E-state index contributed by atoms with van der Waals surface area (Å²) < 4.78 is 0. The molecule has 1 aromatic carbocycles. The summed E-state index contributed by atoms with van der Waals surface area (Å²) >= 11 is 1.86. The third kappa shape index (κ3) is 5.66. The lowest BCUT2D eigenvalue weighted by atomic mass is 10.1. The average molecular weight is 280 g/mol. The Hall–Kier alpha value is -1.00. The smallest absolute Gasteiger partial charge is 0.236 e. The van der Waals surface area contributed by atoms with Crippen LogP contribution in [0.4, 0.5) is 0 Å². The average Bonchev–Trinajstić information content (AvgIpc) is 2.35. The van der Waals surface area contributed by atoms with Gasteiger partial charge in [-0.05, 0) is 24.6 Å². The van der Waals surface area contributed by atoms with Gasteiger partial charge >= 0.3 is 0 Å². The van der Waals surface area contributed by atoms with Crippen LogP contribution in [0.3, 0.4) is 0 Å². The zero-order valence-electron chi connectivity index (χ0n) is 12.4. The number of thioether (sulfide) groups is 1. The van der Waals surface area contributed by atoms with E-state index in [-0.39, 0.29) is 11.9 Å². The first-order chi connectivity index (χ1) is 8.90. The molecule has 0 unspecified atom stereocenters. The van der Waals surface area contributed by atoms with E-state index < -0.39 is 0 Å². The molecule has 0 saturated carbocycles. The van der Waals surface area contributed by atoms with Crippen LogP contribution < -0.4 is 5.32 Å². The quantitative estimate of drug-likeness (QED) is 0.813. The molecule has 0 heterocycles. The molecule has 1 aromatic rings. The number of carbonyl (C=O) groups is 1. The SMILES string of the molecule is CC(C)Sc1ccc([C@@H](C)NCC(=O)N(C)C)cc1. The minimum atomic E-state index is 0.0961. The molecule has 0 bridgehead atoms. The molecule has 0 aliphatic rings. The van der Waals surface area contributed by atoms with Crippen LogP contribution in [0.1, 0.15) is 32.4 Å². The first kappa shape index (κ1) is 16.1. The lowest BCUT2D eigenvalue weighted by Crippen LogP contribution is -2.34. The fraction of sp³-hybridized carbons (Fsp3) is 0.533. The fourth-order valence-electron chi connectivity index (χ4n) is 1.62. The van der Waals surface area contributed by atoms with Crippen LogP contribution in [-0.4, -0.2) is 36.7 Å². The molecule has 1 amide bonds. The maximum atomic E-state index is 11.5. The van der Waals surface area contributed by atoms with Crippen molar-refractivity contribution in [2.45, 2.75) is 37.0 Å². The number of carbonyl (C=O) groups excluding carboxylic acids is 1. The Kier molecular flexibility index (Phi) is 6.38. The molecule has 0 spiro atoms. The van der Waals surface area contributed by atoms with Crippen LogP contribution in [0, 0.1) is 0 Å². The maximum absolute atomic E-state index is 11.5. The van der Waals surface area contributed by atoms with Crippen molar-refractivity contribution in [3.05, 3.63) is 29.8 Å². The fourth-order valence-corrected chi connectivity index (χ4v) is 2.46. The Morgan fingerprint density at radius 3 is 2.26 bits per heavy atom. The van der Waals surface area contributed by atoms with Gasteiger partial charge < -0.3 is 10.2 Å². The Morgan fingerprint density at radius 2 is 1.79 bits per heavy atom. The third-order valence-corrected chi connectivity index (χ3v) is 3.83. The van der Waals surface area contributed by atoms with Crippen molar-refractivity contribution in [1.29, 1.82) is 0 Å². The monoisotopic (exact) mass is 280 g/mol. The molecule has 0 aliphatic heterocycles. The number of benzene rings is 1. The third-order valence-electron chi connectivity index (χ3n) is 2.81. The molecule has 106 valence electrons. The number of rotatable bonds is 6. The molecule has 0 fully saturated rings. The van der Waals surface area contributed by atoms with Crippen LogP contribution in [0.2, 0.25) is 0 Å². The highest BCUT2D eigenvalue weighted by Crippen LogP contribution is 2.24. The largest absolute Gasteiger partial charge is 0.348 e. The molecule has 1 atom stereocenters. The van der Waals surface area contributed by atoms with Gasteiger partial charge in [-0.1, -0.05) is 26.0 Å². The molecular weight excluding hydrogens is 256 g/mol. The first-order valence-corrected chi connectivity index (χ1v) is 7.48. The Bertz CT molecular complexity index is 401. The highest BCUT2D eigenvalue weighted by Gasteiger charge is 2.09. The molecule has 0 radical (unpaired) electrons. The van der Waals surface area contributed by atoms with Gasteiger partial charge in [0, 0.05) is 30.3 Å². The van der Waals surface area contributed by atoms with E-state index >= 15 is 0 Å². The summed E-state index contributed by atoms with van der Waals surface area (Å²) in [6.45, 7) is 6.83. The zero-order valence-corrected chi connectivity index (χ0v) is 13.3. The van der Waals surface area contributed by atoms with Crippen molar-refractivity contribution in [2.24, 2.45) is 0 Å². The summed E-state index contributed by atoms with van der Waals surface area (Å²) in [6.07, 6.45) is 0. The van der Waals surface area contributed by atoms with Gasteiger partial charge in [0.1, 0.15) is 0 Å². The van der Waals surface area contributed by atoms with E-state index in [2.05, 4.69) is 50.4 Å². The molecule has 1 rings (SSSR count). The number of hydrogen-bond donors (Lipinski definition) is 1. The van der Waals surface area contributed by atoms with Crippen LogP contribution in [0.15, 0.2) is 29.2 Å². The summed E-state index contributed by atoms with van der Waals surface area (Å²) in [5.74, 6) is 0.0961. The van der Waals surface area contributed by atoms with Gasteiger partial charge in [0.25, 0.3) is 0 Å². The summed E-state index contributed by atoms with van der Waals surface area (Å²) in [5.41, 5.74) is 1.21. The van der Waals surface area contributed by atoms with Gasteiger partial charge in [0.05, 0.1) is 6.54 Å². The minimum Gasteiger partial charge on any atom is -0.348 e. The van der Waals surface area contributed by atoms with Crippen LogP contribution in [0.25, 0.3) is 0 Å². The van der Waals surface area contributed by atoms with Gasteiger partial charge in [-0.25, -0.2) is 0 Å². The van der Waals surface area contributed by atoms with Crippen molar-refractivity contribution >= 4 is 17.7 Å². The zero-order chi connectivity index (χ0) is 14.4. The second kappa shape index (κ2) is 7.56. The van der Waals surface area contributed by atoms with E-state index in [0.29, 0.717) is 11.8 Å². The van der Waals surface area contributed by atoms with E-state index in [9.17, 15) is 4.79 Å². The number of amides is 1. The molecule has 0 aliphatic carbocycles. The van der Waals surface area contributed by atoms with Crippen LogP contribution >= 0.6 is 11.8 Å². The van der Waals surface area contributed by atoms with Gasteiger partial charge in [-0.3, -0.25) is 4.79 Å². The lowest BCUT2D eigenvalue weighted by molar-refractivity contribution is -0.127. The number of nitrogens with zero attached hydrogens (tertiary/aromatic N) is 1. The van der Waals surface area contributed by atoms with Crippen LogP contribution in [-0.2, 0) is 4.79 Å². The molecule has 0 saturated heterocycles.